The molecule has 6 nitrogen and oxygen atoms in total. The Labute approximate surface area is 271 Å². The maximum atomic E-state index is 11.5. The first-order valence-electron chi connectivity index (χ1n) is 15.8. The molecule has 4 atom stereocenters. The van der Waals surface area contributed by atoms with Crippen molar-refractivity contribution in [1.82, 2.24) is 0 Å². The van der Waals surface area contributed by atoms with Gasteiger partial charge in [0.25, 0.3) is 0 Å². The van der Waals surface area contributed by atoms with Crippen LogP contribution in [-0.4, -0.2) is 31.5 Å². The summed E-state index contributed by atoms with van der Waals surface area (Å²) in [4.78, 5) is 0. The zero-order valence-electron chi connectivity index (χ0n) is 25.8. The summed E-state index contributed by atoms with van der Waals surface area (Å²) in [5.74, 6) is 0.157. The highest BCUT2D eigenvalue weighted by Gasteiger charge is 2.29. The van der Waals surface area contributed by atoms with Crippen LogP contribution in [0.2, 0.25) is 0 Å². The summed E-state index contributed by atoms with van der Waals surface area (Å²) in [6, 6.07) is 46.0. The molecule has 0 saturated heterocycles. The van der Waals surface area contributed by atoms with Crippen LogP contribution >= 0.6 is 0 Å². The van der Waals surface area contributed by atoms with Gasteiger partial charge in [-0.15, -0.1) is 0 Å². The summed E-state index contributed by atoms with van der Waals surface area (Å²) in [6.07, 6.45) is -1.66. The molecule has 0 aromatic heterocycles. The molecule has 1 aliphatic rings. The number of fused-ring (bicyclic) bond motifs is 2. The number of hydrogen-bond acceptors (Lipinski definition) is 6. The lowest BCUT2D eigenvalue weighted by Gasteiger charge is -2.30. The molecular formula is C40H40O6. The van der Waals surface area contributed by atoms with Crippen LogP contribution in [0.1, 0.15) is 57.8 Å². The van der Waals surface area contributed by atoms with Gasteiger partial charge in [-0.05, 0) is 22.3 Å². The fourth-order valence-electron chi connectivity index (χ4n) is 5.81. The maximum Gasteiger partial charge on any atom is 0.126 e. The molecule has 0 amide bonds. The molecule has 1 N–H and O–H groups in total. The van der Waals surface area contributed by atoms with E-state index in [0.29, 0.717) is 37.6 Å². The van der Waals surface area contributed by atoms with Gasteiger partial charge in [-0.1, -0.05) is 140 Å². The fourth-order valence-corrected chi connectivity index (χ4v) is 5.81. The molecule has 46 heavy (non-hydrogen) atoms. The minimum absolute atomic E-state index is 0.157. The second-order valence-corrected chi connectivity index (χ2v) is 11.2. The van der Waals surface area contributed by atoms with Gasteiger partial charge in [-0.3, -0.25) is 0 Å². The van der Waals surface area contributed by atoms with E-state index in [9.17, 15) is 5.11 Å². The van der Waals surface area contributed by atoms with Crippen LogP contribution in [-0.2, 0) is 36.9 Å². The Morgan fingerprint density at radius 2 is 0.696 bits per heavy atom. The molecule has 1 aliphatic heterocycles. The highest BCUT2D eigenvalue weighted by molar-refractivity contribution is 5.40. The Balaban J connectivity index is 1.33. The number of rotatable bonds is 4. The van der Waals surface area contributed by atoms with Gasteiger partial charge >= 0.3 is 0 Å². The van der Waals surface area contributed by atoms with Gasteiger partial charge in [0.05, 0.1) is 39.6 Å². The zero-order chi connectivity index (χ0) is 31.4. The molecule has 0 aliphatic carbocycles. The summed E-state index contributed by atoms with van der Waals surface area (Å²) >= 11 is 0. The number of ether oxygens (including phenoxy) is 5. The van der Waals surface area contributed by atoms with Crippen LogP contribution in [0.15, 0.2) is 140 Å². The molecule has 1 heterocycles. The number of phenols is 1. The number of aromatic hydroxyl groups is 1. The first-order chi connectivity index (χ1) is 22.8. The lowest BCUT2D eigenvalue weighted by molar-refractivity contribution is -0.109. The summed E-state index contributed by atoms with van der Waals surface area (Å²) in [6.45, 7) is 1.88. The quantitative estimate of drug-likeness (QED) is 0.219. The van der Waals surface area contributed by atoms with Gasteiger partial charge in [0, 0.05) is 11.1 Å². The molecule has 0 spiro atoms. The minimum Gasteiger partial charge on any atom is -0.507 e. The van der Waals surface area contributed by atoms with Crippen LogP contribution in [0, 0.1) is 0 Å². The van der Waals surface area contributed by atoms with Crippen molar-refractivity contribution < 1.29 is 28.8 Å². The van der Waals surface area contributed by atoms with Gasteiger partial charge in [0.1, 0.15) is 30.2 Å². The molecule has 0 unspecified atom stereocenters. The molecule has 236 valence electrons. The van der Waals surface area contributed by atoms with Crippen LogP contribution < -0.4 is 0 Å². The lowest BCUT2D eigenvalue weighted by Crippen LogP contribution is -2.22. The Morgan fingerprint density at radius 1 is 0.370 bits per heavy atom. The van der Waals surface area contributed by atoms with Crippen LogP contribution in [0.3, 0.4) is 0 Å². The van der Waals surface area contributed by atoms with Crippen molar-refractivity contribution in [3.05, 3.63) is 173 Å². The Kier molecular flexibility index (Phi) is 11.2. The summed E-state index contributed by atoms with van der Waals surface area (Å²) in [5, 5.41) is 11.5. The SMILES string of the molecule is Oc1c2cccc1CO[C@H](c1ccccc1)[C@@H](c1ccccc1)OCCOCCO[C@H](c1ccccc1)[C@@H](c1ccccc1)OC2. The zero-order valence-corrected chi connectivity index (χ0v) is 25.8. The third-order valence-corrected chi connectivity index (χ3v) is 8.15. The lowest BCUT2D eigenvalue weighted by atomic mass is 9.97. The molecule has 0 saturated carbocycles. The third kappa shape index (κ3) is 8.10. The van der Waals surface area contributed by atoms with Crippen molar-refractivity contribution in [3.63, 3.8) is 0 Å². The summed E-state index contributed by atoms with van der Waals surface area (Å²) in [5.41, 5.74) is 5.31. The van der Waals surface area contributed by atoms with Crippen molar-refractivity contribution >= 4 is 0 Å². The molecule has 5 aromatic rings. The second-order valence-electron chi connectivity index (χ2n) is 11.2. The van der Waals surface area contributed by atoms with E-state index in [2.05, 4.69) is 0 Å². The van der Waals surface area contributed by atoms with Gasteiger partial charge < -0.3 is 28.8 Å². The fraction of sp³-hybridized carbons (Fsp3) is 0.250. The van der Waals surface area contributed by atoms with Gasteiger partial charge in [0.2, 0.25) is 0 Å². The highest BCUT2D eigenvalue weighted by atomic mass is 16.6. The molecule has 0 fully saturated rings. The van der Waals surface area contributed by atoms with Gasteiger partial charge in [-0.2, -0.15) is 0 Å². The Hall–Kier alpha value is -4.30. The number of phenolic OH excluding ortho intramolecular Hbond substituents is 1. The smallest absolute Gasteiger partial charge is 0.126 e. The number of hydrogen-bond donors (Lipinski definition) is 1. The normalized spacial score (nSPS) is 21.9. The van der Waals surface area contributed by atoms with E-state index in [-0.39, 0.29) is 19.0 Å². The van der Waals surface area contributed by atoms with Crippen molar-refractivity contribution in [2.45, 2.75) is 37.6 Å². The van der Waals surface area contributed by atoms with Crippen molar-refractivity contribution in [2.75, 3.05) is 26.4 Å². The van der Waals surface area contributed by atoms with E-state index in [0.717, 1.165) is 22.3 Å². The average Bonchev–Trinajstić information content (AvgIpc) is 3.12. The third-order valence-electron chi connectivity index (χ3n) is 8.15. The van der Waals surface area contributed by atoms with Gasteiger partial charge in [0.15, 0.2) is 0 Å². The van der Waals surface area contributed by atoms with E-state index >= 15 is 0 Å². The molecule has 0 radical (unpaired) electrons. The largest absolute Gasteiger partial charge is 0.507 e. The first-order valence-corrected chi connectivity index (χ1v) is 15.8. The van der Waals surface area contributed by atoms with E-state index in [1.54, 1.807) is 0 Å². The highest BCUT2D eigenvalue weighted by Crippen LogP contribution is 2.39. The number of para-hydroxylation sites is 1. The molecule has 5 aromatic carbocycles. The standard InChI is InChI=1S/C40H40O6/c41-36-34-22-13-23-35(36)29-46-40(33-20-11-4-12-21-33)38(31-16-7-2-8-17-31)44-27-25-42-24-26-43-37(30-14-5-1-6-15-30)39(45-28-34)32-18-9-3-10-19-32/h1-23,37-41H,24-29H2/t37-,38-,39-,40-/m1/s1. The van der Waals surface area contributed by atoms with Crippen molar-refractivity contribution in [1.29, 1.82) is 0 Å². The topological polar surface area (TPSA) is 66.4 Å². The van der Waals surface area contributed by atoms with Crippen LogP contribution in [0.25, 0.3) is 0 Å². The Bertz CT molecular complexity index is 1480. The molecule has 6 heteroatoms. The monoisotopic (exact) mass is 616 g/mol. The average molecular weight is 617 g/mol. The first kappa shape index (κ1) is 31.7. The maximum absolute atomic E-state index is 11.5. The van der Waals surface area contributed by atoms with E-state index in [1.807, 2.05) is 140 Å². The summed E-state index contributed by atoms with van der Waals surface area (Å²) < 4.78 is 32.3. The Morgan fingerprint density at radius 3 is 1.04 bits per heavy atom. The van der Waals surface area contributed by atoms with Gasteiger partial charge in [-0.25, -0.2) is 0 Å². The van der Waals surface area contributed by atoms with Crippen LogP contribution in [0.5, 0.6) is 5.75 Å². The number of benzene rings is 5. The predicted molar refractivity (Wildman–Crippen MR) is 177 cm³/mol. The second kappa shape index (κ2) is 16.3. The molecular weight excluding hydrogens is 576 g/mol. The van der Waals surface area contributed by atoms with Crippen molar-refractivity contribution in [2.24, 2.45) is 0 Å². The van der Waals surface area contributed by atoms with Crippen molar-refractivity contribution in [3.8, 4) is 5.75 Å². The van der Waals surface area contributed by atoms with E-state index in [4.69, 9.17) is 23.7 Å². The molecule has 2 bridgehead atoms. The predicted octanol–water partition coefficient (Wildman–Crippen LogP) is 8.45. The van der Waals surface area contributed by atoms with E-state index < -0.39 is 24.4 Å². The van der Waals surface area contributed by atoms with Crippen LogP contribution in [0.4, 0.5) is 0 Å². The molecule has 6 rings (SSSR count). The minimum atomic E-state index is -0.431. The van der Waals surface area contributed by atoms with E-state index in [1.165, 1.54) is 0 Å². The summed E-state index contributed by atoms with van der Waals surface area (Å²) in [7, 11) is 0.